The molecular formula is C63H105NO5. The fourth-order valence-electron chi connectivity index (χ4n) is 7.90. The van der Waals surface area contributed by atoms with Crippen LogP contribution in [0.15, 0.2) is 122 Å². The van der Waals surface area contributed by atoms with Gasteiger partial charge < -0.3 is 20.3 Å². The van der Waals surface area contributed by atoms with Crippen LogP contribution < -0.4 is 5.32 Å². The van der Waals surface area contributed by atoms with Crippen LogP contribution >= 0.6 is 0 Å². The zero-order chi connectivity index (χ0) is 50.2. The number of nitrogens with one attached hydrogen (secondary N) is 1. The summed E-state index contributed by atoms with van der Waals surface area (Å²) in [6.45, 7) is 6.27. The first kappa shape index (κ1) is 65.3. The van der Waals surface area contributed by atoms with E-state index < -0.39 is 18.2 Å². The van der Waals surface area contributed by atoms with Crippen molar-refractivity contribution in [2.75, 3.05) is 6.61 Å². The highest BCUT2D eigenvalue weighted by molar-refractivity contribution is 5.77. The van der Waals surface area contributed by atoms with Gasteiger partial charge in [-0.05, 0) is 89.9 Å². The summed E-state index contributed by atoms with van der Waals surface area (Å²) in [6, 6.07) is -0.732. The predicted octanol–water partition coefficient (Wildman–Crippen LogP) is 17.6. The first-order chi connectivity index (χ1) is 34.0. The Balaban J connectivity index is 4.74. The molecule has 0 aliphatic carbocycles. The molecule has 0 fully saturated rings. The Morgan fingerprint density at radius 1 is 0.449 bits per heavy atom. The molecule has 1 amide bonds. The molecule has 3 atom stereocenters. The summed E-state index contributed by atoms with van der Waals surface area (Å²) in [7, 11) is 0. The third-order valence-corrected chi connectivity index (χ3v) is 12.1. The van der Waals surface area contributed by atoms with Gasteiger partial charge in [0.2, 0.25) is 5.91 Å². The number of hydrogen-bond donors (Lipinski definition) is 3. The lowest BCUT2D eigenvalue weighted by atomic mass is 10.0. The maximum atomic E-state index is 13.3. The smallest absolute Gasteiger partial charge is 0.306 e. The van der Waals surface area contributed by atoms with Gasteiger partial charge in [-0.1, -0.05) is 258 Å². The number of ether oxygens (including phenoxy) is 1. The molecule has 0 aliphatic heterocycles. The predicted molar refractivity (Wildman–Crippen MR) is 300 cm³/mol. The molecule has 0 aromatic heterocycles. The molecule has 3 N–H and O–H groups in total. The number of esters is 1. The molecule has 6 heteroatoms. The van der Waals surface area contributed by atoms with Crippen LogP contribution in [-0.4, -0.2) is 46.9 Å². The summed E-state index contributed by atoms with van der Waals surface area (Å²) in [5, 5.41) is 23.9. The summed E-state index contributed by atoms with van der Waals surface area (Å²) in [5.41, 5.74) is 0. The third-order valence-electron chi connectivity index (χ3n) is 12.1. The van der Waals surface area contributed by atoms with E-state index in [9.17, 15) is 19.8 Å². The van der Waals surface area contributed by atoms with E-state index in [1.54, 1.807) is 0 Å². The molecular weight excluding hydrogens is 851 g/mol. The molecule has 0 aromatic carbocycles. The molecule has 392 valence electrons. The quantitative estimate of drug-likeness (QED) is 0.0244. The van der Waals surface area contributed by atoms with Crippen molar-refractivity contribution in [3.05, 3.63) is 122 Å². The Morgan fingerprint density at radius 2 is 0.870 bits per heavy atom. The van der Waals surface area contributed by atoms with Gasteiger partial charge in [0, 0.05) is 6.42 Å². The minimum atomic E-state index is -0.815. The number of unbranched alkanes of at least 4 members (excludes halogenated alkanes) is 21. The lowest BCUT2D eigenvalue weighted by Crippen LogP contribution is -2.46. The molecule has 69 heavy (non-hydrogen) atoms. The summed E-state index contributed by atoms with van der Waals surface area (Å²) in [6.07, 6.45) is 76.8. The Bertz CT molecular complexity index is 1440. The van der Waals surface area contributed by atoms with E-state index >= 15 is 0 Å². The Hall–Kier alpha value is -3.74. The van der Waals surface area contributed by atoms with Crippen LogP contribution in [0.25, 0.3) is 0 Å². The van der Waals surface area contributed by atoms with E-state index in [4.69, 9.17) is 4.74 Å². The monoisotopic (exact) mass is 956 g/mol. The standard InChI is InChI=1S/C63H105NO5/c1-4-7-10-13-16-19-22-25-28-30-31-32-35-38-41-44-47-50-53-56-63(68)69-59(54-51-48-45-42-39-36-34-29-26-23-20-17-14-11-8-5-2)57-62(67)64-60(58-65)61(66)55-52-49-46-43-40-37-33-27-24-21-18-15-12-9-6-3/h7,10-11,14,16-17,19-20,23,25-26,28-29,31-32,34,36,38-39,41,59-61,65-66H,4-6,8-9,12-13,15,18,21-22,24,27,30,33,35,37,40,42-58H2,1-3H3,(H,64,67)/b10-7-,14-11+,19-16-,20-17+,26-23+,28-25-,32-31-,34-29+,39-36+,41-38-. The maximum Gasteiger partial charge on any atom is 0.306 e. The number of aliphatic hydroxyl groups excluding tert-OH is 2. The molecule has 0 saturated carbocycles. The number of carbonyl (C=O) groups excluding carboxylic acids is 2. The van der Waals surface area contributed by atoms with Crippen molar-refractivity contribution < 1.29 is 24.5 Å². The van der Waals surface area contributed by atoms with Gasteiger partial charge in [0.05, 0.1) is 25.2 Å². The number of rotatable bonds is 49. The van der Waals surface area contributed by atoms with E-state index in [1.807, 2.05) is 36.5 Å². The van der Waals surface area contributed by atoms with Crippen molar-refractivity contribution in [1.29, 1.82) is 0 Å². The van der Waals surface area contributed by atoms with Gasteiger partial charge in [-0.25, -0.2) is 0 Å². The zero-order valence-electron chi connectivity index (χ0n) is 44.6. The second-order valence-corrected chi connectivity index (χ2v) is 18.7. The molecule has 0 aromatic rings. The second kappa shape index (κ2) is 55.2. The maximum absolute atomic E-state index is 13.3. The van der Waals surface area contributed by atoms with Crippen molar-refractivity contribution in [2.45, 2.75) is 257 Å². The van der Waals surface area contributed by atoms with Crippen molar-refractivity contribution >= 4 is 11.9 Å². The first-order valence-electron chi connectivity index (χ1n) is 28.3. The van der Waals surface area contributed by atoms with Gasteiger partial charge in [-0.2, -0.15) is 0 Å². The van der Waals surface area contributed by atoms with Crippen LogP contribution in [-0.2, 0) is 14.3 Å². The Kier molecular flexibility index (Phi) is 52.2. The lowest BCUT2D eigenvalue weighted by Gasteiger charge is -2.24. The minimum Gasteiger partial charge on any atom is -0.462 e. The largest absolute Gasteiger partial charge is 0.462 e. The van der Waals surface area contributed by atoms with E-state index in [1.165, 1.54) is 77.0 Å². The summed E-state index contributed by atoms with van der Waals surface area (Å²) >= 11 is 0. The highest BCUT2D eigenvalue weighted by Gasteiger charge is 2.24. The molecule has 0 heterocycles. The third kappa shape index (κ3) is 50.5. The van der Waals surface area contributed by atoms with E-state index in [2.05, 4.69) is 111 Å². The van der Waals surface area contributed by atoms with Crippen LogP contribution in [0.1, 0.15) is 239 Å². The summed E-state index contributed by atoms with van der Waals surface area (Å²) in [5.74, 6) is -0.562. The number of amides is 1. The fraction of sp³-hybridized carbons (Fsp3) is 0.651. The molecule has 0 aliphatic rings. The van der Waals surface area contributed by atoms with E-state index in [0.29, 0.717) is 19.3 Å². The summed E-state index contributed by atoms with van der Waals surface area (Å²) < 4.78 is 5.92. The van der Waals surface area contributed by atoms with Crippen molar-refractivity contribution in [2.24, 2.45) is 0 Å². The molecule has 0 radical (unpaired) electrons. The minimum absolute atomic E-state index is 0.0282. The van der Waals surface area contributed by atoms with Crippen molar-refractivity contribution in [3.63, 3.8) is 0 Å². The van der Waals surface area contributed by atoms with Crippen LogP contribution in [0, 0.1) is 0 Å². The van der Waals surface area contributed by atoms with E-state index in [-0.39, 0.29) is 24.9 Å². The van der Waals surface area contributed by atoms with Crippen molar-refractivity contribution in [1.82, 2.24) is 5.32 Å². The van der Waals surface area contributed by atoms with Gasteiger partial charge in [0.15, 0.2) is 0 Å². The molecule has 0 spiro atoms. The molecule has 3 unspecified atom stereocenters. The molecule has 6 nitrogen and oxygen atoms in total. The van der Waals surface area contributed by atoms with Gasteiger partial charge in [0.25, 0.3) is 0 Å². The average Bonchev–Trinajstić information content (AvgIpc) is 3.34. The lowest BCUT2D eigenvalue weighted by molar-refractivity contribution is -0.151. The highest BCUT2D eigenvalue weighted by atomic mass is 16.5. The van der Waals surface area contributed by atoms with Crippen LogP contribution in [0.3, 0.4) is 0 Å². The first-order valence-corrected chi connectivity index (χ1v) is 28.3. The second-order valence-electron chi connectivity index (χ2n) is 18.7. The molecule has 0 saturated heterocycles. The topological polar surface area (TPSA) is 95.9 Å². The van der Waals surface area contributed by atoms with Crippen LogP contribution in [0.4, 0.5) is 0 Å². The number of aliphatic hydroxyl groups is 2. The SMILES string of the molecule is CC/C=C\C/C=C\C/C=C\C/C=C\C/C=C\CCCCCC(=O)OC(CCCCC/C=C/C=C/C=C/C=C/C=C/CCC)CC(=O)NC(CO)C(O)CCCCCCCCCCCCCCCCC. The van der Waals surface area contributed by atoms with Gasteiger partial charge in [-0.15, -0.1) is 0 Å². The average molecular weight is 957 g/mol. The molecule has 0 rings (SSSR count). The van der Waals surface area contributed by atoms with E-state index in [0.717, 1.165) is 116 Å². The Morgan fingerprint density at radius 3 is 1.38 bits per heavy atom. The highest BCUT2D eigenvalue weighted by Crippen LogP contribution is 2.17. The summed E-state index contributed by atoms with van der Waals surface area (Å²) in [4.78, 5) is 26.3. The van der Waals surface area contributed by atoms with Gasteiger partial charge in [-0.3, -0.25) is 9.59 Å². The number of hydrogen-bond acceptors (Lipinski definition) is 5. The van der Waals surface area contributed by atoms with Gasteiger partial charge >= 0.3 is 5.97 Å². The number of carbonyl (C=O) groups is 2. The van der Waals surface area contributed by atoms with Gasteiger partial charge in [0.1, 0.15) is 6.10 Å². The van der Waals surface area contributed by atoms with Crippen LogP contribution in [0.2, 0.25) is 0 Å². The van der Waals surface area contributed by atoms with Crippen LogP contribution in [0.5, 0.6) is 0 Å². The Labute approximate surface area is 425 Å². The fourth-order valence-corrected chi connectivity index (χ4v) is 7.90. The van der Waals surface area contributed by atoms with Crippen molar-refractivity contribution in [3.8, 4) is 0 Å². The zero-order valence-corrected chi connectivity index (χ0v) is 44.6. The normalized spacial score (nSPS) is 14.1. The number of allylic oxidation sites excluding steroid dienone is 20. The molecule has 0 bridgehead atoms.